The molecule has 86 valence electrons. The molecule has 7 heteroatoms. The number of nitro groups is 1. The number of hydrogen-bond donors (Lipinski definition) is 2. The van der Waals surface area contributed by atoms with Crippen LogP contribution in [0.25, 0.3) is 0 Å². The molecule has 0 spiro atoms. The maximum Gasteiger partial charge on any atom is 0.317 e. The van der Waals surface area contributed by atoms with Gasteiger partial charge in [-0.1, -0.05) is 12.1 Å². The fourth-order valence-corrected chi connectivity index (χ4v) is 0.712. The minimum Gasteiger partial charge on any atom is -0.480 e. The second kappa shape index (κ2) is 7.07. The summed E-state index contributed by atoms with van der Waals surface area (Å²) in [5.41, 5.74) is 4.83. The van der Waals surface area contributed by atoms with E-state index in [0.29, 0.717) is 11.8 Å². The summed E-state index contributed by atoms with van der Waals surface area (Å²) in [5, 5.41) is 17.8. The smallest absolute Gasteiger partial charge is 0.317 e. The zero-order valence-electron chi connectivity index (χ0n) is 8.20. The molecule has 1 rings (SSSR count). The highest BCUT2D eigenvalue weighted by Crippen LogP contribution is 2.10. The number of nitrogens with zero attached hydrogens (tertiary/aromatic N) is 1. The first-order valence-electron chi connectivity index (χ1n) is 4.12. The van der Waals surface area contributed by atoms with Crippen LogP contribution in [0.2, 0.25) is 0 Å². The monoisotopic (exact) mass is 226 g/mol. The molecule has 16 heavy (non-hydrogen) atoms. The molecule has 0 saturated carbocycles. The number of carboxylic acid groups (broad SMARTS) is 1. The molecule has 0 fully saturated rings. The van der Waals surface area contributed by atoms with E-state index < -0.39 is 10.9 Å². The van der Waals surface area contributed by atoms with Crippen LogP contribution < -0.4 is 5.73 Å². The molecule has 3 N–H and O–H groups in total. The molecule has 0 radical (unpaired) electrons. The number of aldehydes is 1. The van der Waals surface area contributed by atoms with Crippen LogP contribution in [0, 0.1) is 10.1 Å². The topological polar surface area (TPSA) is 124 Å². The minimum absolute atomic E-state index is 0.0606. The van der Waals surface area contributed by atoms with Crippen LogP contribution in [0.15, 0.2) is 24.3 Å². The third kappa shape index (κ3) is 5.45. The van der Waals surface area contributed by atoms with Crippen molar-refractivity contribution < 1.29 is 19.6 Å². The number of aliphatic carboxylic acids is 1. The van der Waals surface area contributed by atoms with Crippen molar-refractivity contribution in [2.75, 3.05) is 6.54 Å². The van der Waals surface area contributed by atoms with Crippen LogP contribution in [-0.2, 0) is 4.79 Å². The molecule has 0 unspecified atom stereocenters. The number of non-ortho nitro benzene ring substituents is 1. The molecule has 0 aliphatic heterocycles. The normalized spacial score (nSPS) is 8.56. The summed E-state index contributed by atoms with van der Waals surface area (Å²) in [5.74, 6) is -0.968. The van der Waals surface area contributed by atoms with Gasteiger partial charge in [-0.15, -0.1) is 0 Å². The van der Waals surface area contributed by atoms with Crippen molar-refractivity contribution in [2.24, 2.45) is 5.73 Å². The number of carbonyl (C=O) groups is 2. The molecule has 7 nitrogen and oxygen atoms in total. The van der Waals surface area contributed by atoms with E-state index in [1.54, 1.807) is 0 Å². The van der Waals surface area contributed by atoms with E-state index in [-0.39, 0.29) is 12.2 Å². The van der Waals surface area contributed by atoms with Gasteiger partial charge in [-0.25, -0.2) is 0 Å². The average Bonchev–Trinajstić information content (AvgIpc) is 2.29. The van der Waals surface area contributed by atoms with Gasteiger partial charge in [-0.2, -0.15) is 0 Å². The van der Waals surface area contributed by atoms with E-state index >= 15 is 0 Å². The zero-order chi connectivity index (χ0) is 12.6. The summed E-state index contributed by atoms with van der Waals surface area (Å²) >= 11 is 0. The van der Waals surface area contributed by atoms with Crippen LogP contribution in [0.4, 0.5) is 5.69 Å². The van der Waals surface area contributed by atoms with Crippen molar-refractivity contribution in [3.05, 3.63) is 39.9 Å². The number of benzene rings is 1. The summed E-state index contributed by atoms with van der Waals surface area (Å²) in [7, 11) is 0. The second-order valence-electron chi connectivity index (χ2n) is 2.57. The first-order valence-corrected chi connectivity index (χ1v) is 4.12. The maximum atomic E-state index is 10.2. The van der Waals surface area contributed by atoms with Crippen LogP contribution in [0.3, 0.4) is 0 Å². The Labute approximate surface area is 90.6 Å². The molecule has 0 aromatic heterocycles. The summed E-state index contributed by atoms with van der Waals surface area (Å²) in [6.07, 6.45) is 0.576. The van der Waals surface area contributed by atoms with E-state index in [1.807, 2.05) is 0 Å². The summed E-state index contributed by atoms with van der Waals surface area (Å²) in [6, 6.07) is 5.56. The highest BCUT2D eigenvalue weighted by Gasteiger charge is 2.03. The number of nitrogens with two attached hydrogens (primary N) is 1. The predicted octanol–water partition coefficient (Wildman–Crippen LogP) is 0.437. The molecule has 0 aliphatic carbocycles. The lowest BCUT2D eigenvalue weighted by atomic mass is 10.2. The lowest BCUT2D eigenvalue weighted by molar-refractivity contribution is -0.384. The average molecular weight is 226 g/mol. The number of hydrogen-bond acceptors (Lipinski definition) is 5. The van der Waals surface area contributed by atoms with E-state index in [9.17, 15) is 19.7 Å². The number of carbonyl (C=O) groups excluding carboxylic acids is 1. The standard InChI is InChI=1S/C7H5NO3.C2H5NO2/c9-5-6-2-1-3-7(4-6)8(10)11;3-1-2(4)5/h1-5H;1,3H2,(H,4,5). The third-order valence-corrected chi connectivity index (χ3v) is 1.39. The fraction of sp³-hybridized carbons (Fsp3) is 0.111. The predicted molar refractivity (Wildman–Crippen MR) is 55.2 cm³/mol. The lowest BCUT2D eigenvalue weighted by Gasteiger charge is -1.90. The highest BCUT2D eigenvalue weighted by atomic mass is 16.6. The quantitative estimate of drug-likeness (QED) is 0.437. The minimum atomic E-state index is -0.968. The summed E-state index contributed by atoms with van der Waals surface area (Å²) in [6.45, 7) is -0.278. The first kappa shape index (κ1) is 13.7. The van der Waals surface area contributed by atoms with Gasteiger partial charge < -0.3 is 10.8 Å². The molecular weight excluding hydrogens is 216 g/mol. The second-order valence-corrected chi connectivity index (χ2v) is 2.57. The van der Waals surface area contributed by atoms with Gasteiger partial charge >= 0.3 is 5.97 Å². The Morgan fingerprint density at radius 2 is 2.12 bits per heavy atom. The molecular formula is C9H10N2O5. The number of carboxylic acids is 1. The van der Waals surface area contributed by atoms with Crippen molar-refractivity contribution in [1.29, 1.82) is 0 Å². The van der Waals surface area contributed by atoms with Crippen LogP contribution in [0.5, 0.6) is 0 Å². The molecule has 0 bridgehead atoms. The van der Waals surface area contributed by atoms with Gasteiger partial charge in [0.15, 0.2) is 0 Å². The Morgan fingerprint density at radius 1 is 1.56 bits per heavy atom. The van der Waals surface area contributed by atoms with Crippen molar-refractivity contribution in [3.63, 3.8) is 0 Å². The highest BCUT2D eigenvalue weighted by molar-refractivity contribution is 5.75. The van der Waals surface area contributed by atoms with Gasteiger partial charge in [0.05, 0.1) is 11.5 Å². The van der Waals surface area contributed by atoms with Crippen molar-refractivity contribution in [2.45, 2.75) is 0 Å². The Balaban J connectivity index is 0.000000385. The van der Waals surface area contributed by atoms with E-state index in [4.69, 9.17) is 5.11 Å². The Hall–Kier alpha value is -2.28. The summed E-state index contributed by atoms with van der Waals surface area (Å²) < 4.78 is 0. The molecule has 0 atom stereocenters. The van der Waals surface area contributed by atoms with Gasteiger partial charge in [0.2, 0.25) is 0 Å². The van der Waals surface area contributed by atoms with Gasteiger partial charge in [-0.05, 0) is 0 Å². The van der Waals surface area contributed by atoms with Crippen molar-refractivity contribution >= 4 is 17.9 Å². The molecule has 1 aromatic rings. The Morgan fingerprint density at radius 3 is 2.50 bits per heavy atom. The Kier molecular flexibility index (Phi) is 6.06. The van der Waals surface area contributed by atoms with Gasteiger partial charge in [0.1, 0.15) is 6.29 Å². The third-order valence-electron chi connectivity index (χ3n) is 1.39. The number of rotatable bonds is 3. The molecule has 0 amide bonds. The fourth-order valence-electron chi connectivity index (χ4n) is 0.712. The summed E-state index contributed by atoms with van der Waals surface area (Å²) in [4.78, 5) is 29.0. The maximum absolute atomic E-state index is 10.2. The lowest BCUT2D eigenvalue weighted by Crippen LogP contribution is -2.10. The van der Waals surface area contributed by atoms with Crippen LogP contribution >= 0.6 is 0 Å². The largest absolute Gasteiger partial charge is 0.480 e. The molecule has 0 saturated heterocycles. The van der Waals surface area contributed by atoms with Crippen molar-refractivity contribution in [1.82, 2.24) is 0 Å². The van der Waals surface area contributed by atoms with Gasteiger partial charge in [-0.3, -0.25) is 19.7 Å². The van der Waals surface area contributed by atoms with E-state index in [1.165, 1.54) is 24.3 Å². The van der Waals surface area contributed by atoms with Crippen LogP contribution in [0.1, 0.15) is 10.4 Å². The molecule has 0 heterocycles. The first-order chi connectivity index (χ1) is 7.51. The molecule has 0 aliphatic rings. The van der Waals surface area contributed by atoms with E-state index in [0.717, 1.165) is 0 Å². The van der Waals surface area contributed by atoms with Crippen molar-refractivity contribution in [3.8, 4) is 0 Å². The van der Waals surface area contributed by atoms with Crippen LogP contribution in [-0.4, -0.2) is 28.8 Å². The van der Waals surface area contributed by atoms with E-state index in [2.05, 4.69) is 5.73 Å². The van der Waals surface area contributed by atoms with Gasteiger partial charge in [0.25, 0.3) is 5.69 Å². The SMILES string of the molecule is NCC(=O)O.O=Cc1cccc([N+](=O)[O-])c1. The number of nitro benzene ring substituents is 1. The zero-order valence-corrected chi connectivity index (χ0v) is 8.20. The van der Waals surface area contributed by atoms with Gasteiger partial charge in [0, 0.05) is 17.7 Å². The Bertz CT molecular complexity index is 391. The molecule has 1 aromatic carbocycles.